The molecule has 3 rings (SSSR count). The summed E-state index contributed by atoms with van der Waals surface area (Å²) in [7, 11) is 1.59. The van der Waals surface area contributed by atoms with Gasteiger partial charge < -0.3 is 10.1 Å². The first-order valence-electron chi connectivity index (χ1n) is 7.14. The Hall–Kier alpha value is -3.42. The van der Waals surface area contributed by atoms with Crippen molar-refractivity contribution in [3.63, 3.8) is 0 Å². The highest BCUT2D eigenvalue weighted by molar-refractivity contribution is 6.02. The summed E-state index contributed by atoms with van der Waals surface area (Å²) in [5.74, 6) is 0.565. The van der Waals surface area contributed by atoms with Gasteiger partial charge in [-0.25, -0.2) is 9.97 Å². The zero-order valence-electron chi connectivity index (χ0n) is 13.1. The maximum atomic E-state index is 12.3. The zero-order chi connectivity index (χ0) is 17.1. The third-order valence-electron chi connectivity index (χ3n) is 3.40. The topological polar surface area (TPSA) is 101 Å². The molecule has 2 N–H and O–H groups in total. The Morgan fingerprint density at radius 3 is 2.79 bits per heavy atom. The molecule has 1 aromatic carbocycles. The van der Waals surface area contributed by atoms with Gasteiger partial charge in [0.2, 0.25) is 5.91 Å². The third kappa shape index (κ3) is 3.02. The fraction of sp³-hybridized carbons (Fsp3) is 0.125. The van der Waals surface area contributed by atoms with E-state index in [1.807, 2.05) is 12.1 Å². The number of carbonyl (C=O) groups is 1. The van der Waals surface area contributed by atoms with Gasteiger partial charge in [0, 0.05) is 6.08 Å². The van der Waals surface area contributed by atoms with Crippen molar-refractivity contribution in [2.45, 2.75) is 6.92 Å². The van der Waals surface area contributed by atoms with Crippen molar-refractivity contribution in [3.8, 4) is 5.75 Å². The number of nitrogens with one attached hydrogen (secondary N) is 2. The molecule has 24 heavy (non-hydrogen) atoms. The lowest BCUT2D eigenvalue weighted by Crippen LogP contribution is -2.24. The highest BCUT2D eigenvalue weighted by Gasteiger charge is 2.12. The van der Waals surface area contributed by atoms with Gasteiger partial charge in [-0.1, -0.05) is 12.1 Å². The number of ether oxygens (including phenoxy) is 1. The number of hydrogen-bond donors (Lipinski definition) is 2. The van der Waals surface area contributed by atoms with E-state index in [0.29, 0.717) is 5.69 Å². The molecule has 0 aliphatic heterocycles. The molecule has 0 spiro atoms. The molecule has 2 heterocycles. The van der Waals surface area contributed by atoms with Crippen LogP contribution in [0.25, 0.3) is 11.9 Å². The number of aromatic amines is 1. The lowest BCUT2D eigenvalue weighted by Gasteiger charge is -2.05. The quantitative estimate of drug-likeness (QED) is 0.706. The summed E-state index contributed by atoms with van der Waals surface area (Å²) in [6, 6.07) is 7.23. The van der Waals surface area contributed by atoms with E-state index in [9.17, 15) is 9.59 Å². The van der Waals surface area contributed by atoms with Gasteiger partial charge in [0.15, 0.2) is 0 Å². The predicted octanol–water partition coefficient (Wildman–Crippen LogP) is 1.39. The van der Waals surface area contributed by atoms with E-state index in [2.05, 4.69) is 20.4 Å². The maximum absolute atomic E-state index is 12.3. The number of methoxy groups -OCH3 is 1. The van der Waals surface area contributed by atoms with Crippen LogP contribution >= 0.6 is 0 Å². The molecule has 0 radical (unpaired) electrons. The van der Waals surface area contributed by atoms with E-state index >= 15 is 0 Å². The number of rotatable bonds is 4. The highest BCUT2D eigenvalue weighted by Crippen LogP contribution is 2.12. The number of aromatic nitrogens is 4. The summed E-state index contributed by atoms with van der Waals surface area (Å²) >= 11 is 0. The smallest absolute Gasteiger partial charge is 0.298 e. The second-order valence-electron chi connectivity index (χ2n) is 5.00. The molecule has 0 unspecified atom stereocenters. The minimum atomic E-state index is -0.424. The van der Waals surface area contributed by atoms with Gasteiger partial charge >= 0.3 is 0 Å². The molecule has 8 nitrogen and oxygen atoms in total. The summed E-state index contributed by atoms with van der Waals surface area (Å²) in [6.07, 6.45) is 4.35. The highest BCUT2D eigenvalue weighted by atomic mass is 16.5. The molecule has 0 fully saturated rings. The Labute approximate surface area is 136 Å². The number of carbonyl (C=O) groups excluding carboxylic acids is 1. The van der Waals surface area contributed by atoms with Crippen molar-refractivity contribution in [2.24, 2.45) is 0 Å². The van der Waals surface area contributed by atoms with Crippen LogP contribution in [0.1, 0.15) is 11.3 Å². The van der Waals surface area contributed by atoms with E-state index in [1.54, 1.807) is 32.2 Å². The summed E-state index contributed by atoms with van der Waals surface area (Å²) in [6.45, 7) is 1.64. The molecule has 0 bridgehead atoms. The average molecular weight is 325 g/mol. The largest absolute Gasteiger partial charge is 0.497 e. The van der Waals surface area contributed by atoms with E-state index in [1.165, 1.54) is 12.4 Å². The first-order chi connectivity index (χ1) is 11.6. The molecule has 0 atom stereocenters. The Morgan fingerprint density at radius 1 is 1.33 bits per heavy atom. The Balaban J connectivity index is 1.79. The van der Waals surface area contributed by atoms with Crippen LogP contribution in [0, 0.1) is 6.92 Å². The Bertz CT molecular complexity index is 970. The van der Waals surface area contributed by atoms with Crippen molar-refractivity contribution >= 4 is 23.4 Å². The number of benzene rings is 1. The first-order valence-corrected chi connectivity index (χ1v) is 7.14. The average Bonchev–Trinajstić information content (AvgIpc) is 3.05. The van der Waals surface area contributed by atoms with E-state index in [-0.39, 0.29) is 11.5 Å². The number of aryl methyl sites for hydroxylation is 1. The normalized spacial score (nSPS) is 11.1. The number of nitrogens with zero attached hydrogens (tertiary/aromatic N) is 3. The standard InChI is InChI=1S/C16H15N5O3/c1-10-14(15(23)21-16(19-10)17-9-18-21)20-13(22)8-5-11-3-6-12(24-2)7-4-11/h3-9H,1-2H3,(H,20,22)(H,17,18,19). The molecule has 3 aromatic rings. The molecular weight excluding hydrogens is 310 g/mol. The van der Waals surface area contributed by atoms with Gasteiger partial charge in [0.1, 0.15) is 17.8 Å². The van der Waals surface area contributed by atoms with Gasteiger partial charge in [0.05, 0.1) is 12.8 Å². The van der Waals surface area contributed by atoms with Crippen molar-refractivity contribution in [1.82, 2.24) is 19.6 Å². The van der Waals surface area contributed by atoms with E-state index in [0.717, 1.165) is 15.8 Å². The lowest BCUT2D eigenvalue weighted by atomic mass is 10.2. The van der Waals surface area contributed by atoms with Crippen molar-refractivity contribution < 1.29 is 9.53 Å². The predicted molar refractivity (Wildman–Crippen MR) is 89.0 cm³/mol. The zero-order valence-corrected chi connectivity index (χ0v) is 13.1. The fourth-order valence-electron chi connectivity index (χ4n) is 2.16. The molecule has 0 aliphatic carbocycles. The molecule has 0 aliphatic rings. The van der Waals surface area contributed by atoms with Crippen LogP contribution in [-0.4, -0.2) is 32.6 Å². The van der Waals surface area contributed by atoms with Crippen LogP contribution in [0.5, 0.6) is 5.75 Å². The molecule has 1 amide bonds. The van der Waals surface area contributed by atoms with E-state index in [4.69, 9.17) is 4.74 Å². The SMILES string of the molecule is COc1ccc(C=CC(=O)Nc2c(C)nc3nc[nH]n3c2=O)cc1. The van der Waals surface area contributed by atoms with Crippen LogP contribution in [0.15, 0.2) is 41.5 Å². The minimum absolute atomic E-state index is 0.112. The summed E-state index contributed by atoms with van der Waals surface area (Å²) in [5, 5.41) is 5.21. The van der Waals surface area contributed by atoms with Crippen LogP contribution in [-0.2, 0) is 4.79 Å². The minimum Gasteiger partial charge on any atom is -0.497 e. The maximum Gasteiger partial charge on any atom is 0.298 e. The fourth-order valence-corrected chi connectivity index (χ4v) is 2.16. The Morgan fingerprint density at radius 2 is 2.08 bits per heavy atom. The molecule has 0 saturated carbocycles. The van der Waals surface area contributed by atoms with Crippen LogP contribution in [0.2, 0.25) is 0 Å². The van der Waals surface area contributed by atoms with Crippen molar-refractivity contribution in [1.29, 1.82) is 0 Å². The molecule has 2 aromatic heterocycles. The van der Waals surface area contributed by atoms with Gasteiger partial charge in [-0.15, -0.1) is 0 Å². The molecule has 122 valence electrons. The number of fused-ring (bicyclic) bond motifs is 1. The number of amides is 1. The van der Waals surface area contributed by atoms with Gasteiger partial charge in [-0.05, 0) is 30.7 Å². The van der Waals surface area contributed by atoms with Crippen LogP contribution in [0.3, 0.4) is 0 Å². The first kappa shape index (κ1) is 15.5. The second kappa shape index (κ2) is 6.37. The number of anilines is 1. The molecule has 0 saturated heterocycles. The summed E-state index contributed by atoms with van der Waals surface area (Å²) in [5.41, 5.74) is 0.933. The lowest BCUT2D eigenvalue weighted by molar-refractivity contribution is -0.111. The number of hydrogen-bond acceptors (Lipinski definition) is 5. The van der Waals surface area contributed by atoms with Gasteiger partial charge in [-0.2, -0.15) is 4.52 Å². The number of H-pyrrole nitrogens is 1. The van der Waals surface area contributed by atoms with Crippen molar-refractivity contribution in [2.75, 3.05) is 12.4 Å². The monoisotopic (exact) mass is 325 g/mol. The summed E-state index contributed by atoms with van der Waals surface area (Å²) < 4.78 is 6.24. The third-order valence-corrected chi connectivity index (χ3v) is 3.40. The van der Waals surface area contributed by atoms with Gasteiger partial charge in [0.25, 0.3) is 11.3 Å². The Kier molecular flexibility index (Phi) is 4.11. The van der Waals surface area contributed by atoms with Gasteiger partial charge in [-0.3, -0.25) is 14.7 Å². The summed E-state index contributed by atoms with van der Waals surface area (Å²) in [4.78, 5) is 32.4. The van der Waals surface area contributed by atoms with Crippen molar-refractivity contribution in [3.05, 3.63) is 58.3 Å². The second-order valence-corrected chi connectivity index (χ2v) is 5.00. The van der Waals surface area contributed by atoms with Crippen LogP contribution in [0.4, 0.5) is 5.69 Å². The molecular formula is C16H15N5O3. The van der Waals surface area contributed by atoms with E-state index < -0.39 is 11.5 Å². The van der Waals surface area contributed by atoms with Crippen LogP contribution < -0.4 is 15.6 Å². The molecule has 8 heteroatoms.